The van der Waals surface area contributed by atoms with Crippen LogP contribution < -0.4 is 0 Å². The van der Waals surface area contributed by atoms with E-state index in [0.717, 1.165) is 6.21 Å². The van der Waals surface area contributed by atoms with Crippen LogP contribution in [0.5, 0.6) is 0 Å². The summed E-state index contributed by atoms with van der Waals surface area (Å²) in [4.78, 5) is 22.2. The number of carbonyl (C=O) groups excluding carboxylic acids is 2. The van der Waals surface area contributed by atoms with Crippen LogP contribution in [0.2, 0.25) is 0 Å². The van der Waals surface area contributed by atoms with Gasteiger partial charge in [0.25, 0.3) is 0 Å². The van der Waals surface area contributed by atoms with Crippen LogP contribution >= 0.6 is 24.8 Å². The van der Waals surface area contributed by atoms with E-state index in [0.29, 0.717) is 5.57 Å². The summed E-state index contributed by atoms with van der Waals surface area (Å²) in [6.07, 6.45) is 5.56. The molecule has 0 saturated carbocycles. The smallest absolute Gasteiger partial charge is 0.208 e. The number of halogens is 2. The first kappa shape index (κ1) is 12.7. The fourth-order valence-corrected chi connectivity index (χ4v) is 1.03. The largest absolute Gasteiger partial charge is 0.287 e. The maximum Gasteiger partial charge on any atom is 0.208 e. The summed E-state index contributed by atoms with van der Waals surface area (Å²) in [5.74, 6) is -0.532. The monoisotopic (exact) mass is 232 g/mol. The van der Waals surface area contributed by atoms with Crippen molar-refractivity contribution in [1.29, 1.82) is 0 Å². The predicted octanol–water partition coefficient (Wildman–Crippen LogP) is 0.905. The summed E-state index contributed by atoms with van der Waals surface area (Å²) >= 11 is 0. The van der Waals surface area contributed by atoms with Gasteiger partial charge in [-0.1, -0.05) is 6.08 Å². The number of allylic oxidation sites excluding steroid dienone is 4. The second kappa shape index (κ2) is 4.83. The molecular formula is C8H6Cl2N2O2. The van der Waals surface area contributed by atoms with E-state index in [9.17, 15) is 9.59 Å². The fourth-order valence-electron chi connectivity index (χ4n) is 1.03. The molecular weight excluding hydrogens is 227 g/mol. The zero-order valence-corrected chi connectivity index (χ0v) is 8.47. The van der Waals surface area contributed by atoms with Gasteiger partial charge in [-0.05, 0) is 12.2 Å². The van der Waals surface area contributed by atoms with E-state index in [1.165, 1.54) is 12.2 Å². The van der Waals surface area contributed by atoms with Crippen molar-refractivity contribution in [3.05, 3.63) is 23.8 Å². The Morgan fingerprint density at radius 3 is 2.43 bits per heavy atom. The third-order valence-corrected chi connectivity index (χ3v) is 1.60. The lowest BCUT2D eigenvalue weighted by Gasteiger charge is -2.08. The lowest BCUT2D eigenvalue weighted by Crippen LogP contribution is -2.25. The molecule has 14 heavy (non-hydrogen) atoms. The first-order valence-corrected chi connectivity index (χ1v) is 3.37. The number of carbonyl (C=O) groups is 2. The first-order valence-electron chi connectivity index (χ1n) is 3.37. The molecule has 2 rings (SSSR count). The van der Waals surface area contributed by atoms with Crippen molar-refractivity contribution in [2.75, 3.05) is 0 Å². The van der Waals surface area contributed by atoms with Gasteiger partial charge in [0.15, 0.2) is 0 Å². The minimum atomic E-state index is -0.266. The van der Waals surface area contributed by atoms with Crippen LogP contribution in [-0.4, -0.2) is 23.5 Å². The van der Waals surface area contributed by atoms with Gasteiger partial charge in [-0.3, -0.25) is 9.59 Å². The molecule has 0 atom stereocenters. The number of Topliss-reactive ketones (excluding diaryl/α,β-unsaturated/α-hetero) is 1. The van der Waals surface area contributed by atoms with Crippen molar-refractivity contribution in [3.8, 4) is 0 Å². The third kappa shape index (κ3) is 1.97. The molecule has 1 aliphatic carbocycles. The number of hydrogen-bond acceptors (Lipinski definition) is 4. The van der Waals surface area contributed by atoms with Gasteiger partial charge >= 0.3 is 0 Å². The van der Waals surface area contributed by atoms with E-state index in [1.54, 1.807) is 6.08 Å². The summed E-state index contributed by atoms with van der Waals surface area (Å²) < 4.78 is 0. The van der Waals surface area contributed by atoms with Crippen LogP contribution in [0.15, 0.2) is 34.0 Å². The molecule has 0 aromatic rings. The van der Waals surface area contributed by atoms with Gasteiger partial charge in [-0.25, -0.2) is 0 Å². The van der Waals surface area contributed by atoms with Gasteiger partial charge in [0, 0.05) is 0 Å². The number of rotatable bonds is 0. The van der Waals surface area contributed by atoms with Gasteiger partial charge < -0.3 is 0 Å². The van der Waals surface area contributed by atoms with E-state index < -0.39 is 0 Å². The van der Waals surface area contributed by atoms with E-state index in [-0.39, 0.29) is 42.1 Å². The van der Waals surface area contributed by atoms with Gasteiger partial charge in [-0.15, -0.1) is 29.9 Å². The molecule has 0 amide bonds. The minimum Gasteiger partial charge on any atom is -0.287 e. The van der Waals surface area contributed by atoms with E-state index in [4.69, 9.17) is 0 Å². The Hall–Kier alpha value is -1.26. The van der Waals surface area contributed by atoms with Crippen LogP contribution in [-0.2, 0) is 9.59 Å². The zero-order valence-electron chi connectivity index (χ0n) is 6.84. The maximum atomic E-state index is 11.1. The third-order valence-electron chi connectivity index (χ3n) is 1.60. The summed E-state index contributed by atoms with van der Waals surface area (Å²) in [5.41, 5.74) is 0.475. The van der Waals surface area contributed by atoms with Crippen molar-refractivity contribution >= 4 is 48.3 Å². The Morgan fingerprint density at radius 1 is 1.07 bits per heavy atom. The number of fused-ring (bicyclic) bond motifs is 1. The SMILES string of the molecule is Cl.Cl.O=C1C=NN=C2C(=O)C=CC=C12. The molecule has 0 aromatic carbocycles. The molecule has 0 unspecified atom stereocenters. The molecule has 0 saturated heterocycles. The summed E-state index contributed by atoms with van der Waals surface area (Å²) in [7, 11) is 0. The summed E-state index contributed by atoms with van der Waals surface area (Å²) in [6.45, 7) is 0. The molecule has 0 fully saturated rings. The molecule has 6 heteroatoms. The highest BCUT2D eigenvalue weighted by Crippen LogP contribution is 2.10. The Kier molecular flexibility index (Phi) is 4.40. The number of ketones is 2. The van der Waals surface area contributed by atoms with Gasteiger partial charge in [0.1, 0.15) is 5.71 Å². The Bertz CT molecular complexity index is 356. The van der Waals surface area contributed by atoms with E-state index >= 15 is 0 Å². The van der Waals surface area contributed by atoms with Crippen LogP contribution in [0, 0.1) is 0 Å². The van der Waals surface area contributed by atoms with Crippen LogP contribution in [0.1, 0.15) is 0 Å². The molecule has 0 aromatic heterocycles. The van der Waals surface area contributed by atoms with E-state index in [1.807, 2.05) is 0 Å². The Balaban J connectivity index is 0.000000845. The lowest BCUT2D eigenvalue weighted by atomic mass is 9.98. The summed E-state index contributed by atoms with van der Waals surface area (Å²) in [5, 5.41) is 6.99. The molecule has 2 aliphatic rings. The van der Waals surface area contributed by atoms with Gasteiger partial charge in [0.05, 0.1) is 11.8 Å². The highest BCUT2D eigenvalue weighted by Gasteiger charge is 2.24. The van der Waals surface area contributed by atoms with Crippen LogP contribution in [0.4, 0.5) is 0 Å². The predicted molar refractivity (Wildman–Crippen MR) is 57.7 cm³/mol. The molecule has 0 N–H and O–H groups in total. The first-order chi connectivity index (χ1) is 5.79. The van der Waals surface area contributed by atoms with Crippen LogP contribution in [0.3, 0.4) is 0 Å². The Morgan fingerprint density at radius 2 is 1.79 bits per heavy atom. The molecule has 4 nitrogen and oxygen atoms in total. The average Bonchev–Trinajstić information content (AvgIpc) is 2.07. The lowest BCUT2D eigenvalue weighted by molar-refractivity contribution is -0.111. The van der Waals surface area contributed by atoms with Crippen molar-refractivity contribution in [3.63, 3.8) is 0 Å². The minimum absolute atomic E-state index is 0. The quantitative estimate of drug-likeness (QED) is 0.583. The molecule has 1 aliphatic heterocycles. The Labute approximate surface area is 92.3 Å². The zero-order chi connectivity index (χ0) is 8.55. The van der Waals surface area contributed by atoms with Gasteiger partial charge in [0.2, 0.25) is 11.6 Å². The standard InChI is InChI=1S/C8H4N2O2.2ClH/c11-6-3-1-2-5-7(12)4-9-10-8(5)6;;/h1-4H;2*1H. The van der Waals surface area contributed by atoms with Crippen molar-refractivity contribution < 1.29 is 9.59 Å². The normalized spacial score (nSPS) is 17.4. The van der Waals surface area contributed by atoms with Crippen molar-refractivity contribution in [1.82, 2.24) is 0 Å². The fraction of sp³-hybridized carbons (Fsp3) is 0. The molecule has 1 heterocycles. The van der Waals surface area contributed by atoms with Crippen molar-refractivity contribution in [2.24, 2.45) is 10.2 Å². The van der Waals surface area contributed by atoms with E-state index in [2.05, 4.69) is 10.2 Å². The second-order valence-electron chi connectivity index (χ2n) is 2.36. The number of nitrogens with zero attached hydrogens (tertiary/aromatic N) is 2. The number of hydrogen-bond donors (Lipinski definition) is 0. The second-order valence-corrected chi connectivity index (χ2v) is 2.36. The highest BCUT2D eigenvalue weighted by atomic mass is 35.5. The summed E-state index contributed by atoms with van der Waals surface area (Å²) in [6, 6.07) is 0. The highest BCUT2D eigenvalue weighted by molar-refractivity contribution is 6.61. The van der Waals surface area contributed by atoms with Crippen molar-refractivity contribution in [2.45, 2.75) is 0 Å². The topological polar surface area (TPSA) is 58.9 Å². The maximum absolute atomic E-state index is 11.1. The molecule has 0 spiro atoms. The average molecular weight is 233 g/mol. The van der Waals surface area contributed by atoms with Crippen LogP contribution in [0.25, 0.3) is 0 Å². The molecule has 74 valence electrons. The molecule has 0 bridgehead atoms. The molecule has 0 radical (unpaired) electrons. The van der Waals surface area contributed by atoms with Gasteiger partial charge in [-0.2, -0.15) is 5.10 Å².